The second-order valence-corrected chi connectivity index (χ2v) is 3.47. The number of ether oxygens (including phenoxy) is 2. The first kappa shape index (κ1) is 12.0. The number of hydrogen-bond acceptors (Lipinski definition) is 3. The summed E-state index contributed by atoms with van der Waals surface area (Å²) in [5, 5.41) is 0.501. The van der Waals surface area contributed by atoms with Gasteiger partial charge in [-0.1, -0.05) is 11.6 Å². The smallest absolute Gasteiger partial charge is 0.150 e. The third kappa shape index (κ3) is 4.32. The molecule has 15 heavy (non-hydrogen) atoms. The summed E-state index contributed by atoms with van der Waals surface area (Å²) in [6, 6.07) is 4.93. The molecule has 0 unspecified atom stereocenters. The van der Waals surface area contributed by atoms with Crippen molar-refractivity contribution in [1.82, 2.24) is 0 Å². The minimum Gasteiger partial charge on any atom is -0.493 e. The molecule has 0 amide bonds. The minimum atomic E-state index is 0.501. The monoisotopic (exact) mass is 228 g/mol. The highest BCUT2D eigenvalue weighted by atomic mass is 35.5. The number of rotatable bonds is 6. The van der Waals surface area contributed by atoms with Gasteiger partial charge in [-0.15, -0.1) is 0 Å². The number of benzene rings is 1. The second kappa shape index (κ2) is 6.43. The van der Waals surface area contributed by atoms with Crippen molar-refractivity contribution in [1.29, 1.82) is 0 Å². The van der Waals surface area contributed by atoms with Gasteiger partial charge in [0.1, 0.15) is 12.0 Å². The fourth-order valence-electron chi connectivity index (χ4n) is 1.13. The van der Waals surface area contributed by atoms with E-state index in [1.165, 1.54) is 0 Å². The Bertz CT molecular complexity index is 326. The van der Waals surface area contributed by atoms with Gasteiger partial charge in [-0.25, -0.2) is 0 Å². The third-order valence-electron chi connectivity index (χ3n) is 1.79. The Morgan fingerprint density at radius 2 is 2.13 bits per heavy atom. The van der Waals surface area contributed by atoms with Crippen LogP contribution in [0.3, 0.4) is 0 Å². The van der Waals surface area contributed by atoms with Crippen LogP contribution in [0.25, 0.3) is 0 Å². The van der Waals surface area contributed by atoms with E-state index < -0.39 is 0 Å². The summed E-state index contributed by atoms with van der Waals surface area (Å²) in [6.45, 7) is 1.20. The van der Waals surface area contributed by atoms with Crippen molar-refractivity contribution in [2.45, 2.75) is 6.42 Å². The molecule has 3 nitrogen and oxygen atoms in total. The number of carbonyl (C=O) groups excluding carboxylic acids is 1. The first-order valence-electron chi connectivity index (χ1n) is 4.64. The molecule has 0 atom stereocenters. The maximum Gasteiger partial charge on any atom is 0.150 e. The molecule has 1 aromatic carbocycles. The van der Waals surface area contributed by atoms with Crippen LogP contribution >= 0.6 is 11.6 Å². The van der Waals surface area contributed by atoms with Crippen LogP contribution in [0.2, 0.25) is 5.02 Å². The summed E-state index contributed by atoms with van der Waals surface area (Å²) in [7, 11) is 1.64. The lowest BCUT2D eigenvalue weighted by molar-refractivity contribution is 0.112. The number of methoxy groups -OCH3 is 1. The quantitative estimate of drug-likeness (QED) is 0.555. The van der Waals surface area contributed by atoms with Gasteiger partial charge in [-0.2, -0.15) is 0 Å². The lowest BCUT2D eigenvalue weighted by Crippen LogP contribution is -2.01. The van der Waals surface area contributed by atoms with Gasteiger partial charge in [0.15, 0.2) is 0 Å². The van der Waals surface area contributed by atoms with Gasteiger partial charge < -0.3 is 9.47 Å². The van der Waals surface area contributed by atoms with Crippen molar-refractivity contribution < 1.29 is 14.3 Å². The molecule has 0 aromatic heterocycles. The molecule has 0 heterocycles. The van der Waals surface area contributed by atoms with Crippen LogP contribution in [0.15, 0.2) is 18.2 Å². The number of halogens is 1. The average molecular weight is 229 g/mol. The maximum absolute atomic E-state index is 10.6. The van der Waals surface area contributed by atoms with E-state index in [0.717, 1.165) is 12.7 Å². The van der Waals surface area contributed by atoms with Crippen molar-refractivity contribution in [2.75, 3.05) is 20.3 Å². The van der Waals surface area contributed by atoms with Crippen LogP contribution in [-0.2, 0) is 4.74 Å². The molecule has 0 aliphatic carbocycles. The van der Waals surface area contributed by atoms with Gasteiger partial charge >= 0.3 is 0 Å². The van der Waals surface area contributed by atoms with Crippen molar-refractivity contribution in [3.8, 4) is 5.75 Å². The molecule has 82 valence electrons. The minimum absolute atomic E-state index is 0.501. The van der Waals surface area contributed by atoms with E-state index in [1.54, 1.807) is 25.3 Å². The molecule has 0 fully saturated rings. The predicted octanol–water partition coefficient (Wildman–Crippen LogP) is 2.57. The molecular weight excluding hydrogens is 216 g/mol. The first-order valence-corrected chi connectivity index (χ1v) is 5.01. The van der Waals surface area contributed by atoms with Crippen molar-refractivity contribution in [3.63, 3.8) is 0 Å². The molecule has 1 aromatic rings. The average Bonchev–Trinajstić information content (AvgIpc) is 2.23. The van der Waals surface area contributed by atoms with Gasteiger partial charge in [0.25, 0.3) is 0 Å². The van der Waals surface area contributed by atoms with Gasteiger partial charge in [-0.3, -0.25) is 4.79 Å². The molecule has 0 saturated carbocycles. The zero-order valence-corrected chi connectivity index (χ0v) is 9.29. The van der Waals surface area contributed by atoms with E-state index >= 15 is 0 Å². The molecule has 0 spiro atoms. The standard InChI is InChI=1S/C11H13ClO3/c1-14-3-2-4-15-11-6-9(8-13)5-10(12)7-11/h5-8H,2-4H2,1H3. The van der Waals surface area contributed by atoms with E-state index in [9.17, 15) is 4.79 Å². The van der Waals surface area contributed by atoms with Crippen LogP contribution < -0.4 is 4.74 Å². The van der Waals surface area contributed by atoms with Gasteiger partial charge in [0.05, 0.1) is 6.61 Å². The van der Waals surface area contributed by atoms with E-state index in [4.69, 9.17) is 21.1 Å². The SMILES string of the molecule is COCCCOc1cc(Cl)cc(C=O)c1. The van der Waals surface area contributed by atoms with Crippen molar-refractivity contribution in [3.05, 3.63) is 28.8 Å². The molecule has 0 radical (unpaired) electrons. The zero-order chi connectivity index (χ0) is 11.1. The van der Waals surface area contributed by atoms with E-state index in [0.29, 0.717) is 29.5 Å². The molecular formula is C11H13ClO3. The van der Waals surface area contributed by atoms with E-state index in [1.807, 2.05) is 0 Å². The Balaban J connectivity index is 2.53. The van der Waals surface area contributed by atoms with Crippen molar-refractivity contribution in [2.24, 2.45) is 0 Å². The van der Waals surface area contributed by atoms with E-state index in [-0.39, 0.29) is 0 Å². The van der Waals surface area contributed by atoms with Gasteiger partial charge in [-0.05, 0) is 18.2 Å². The molecule has 0 aliphatic heterocycles. The highest BCUT2D eigenvalue weighted by Gasteiger charge is 1.99. The maximum atomic E-state index is 10.6. The summed E-state index contributed by atoms with van der Waals surface area (Å²) >= 11 is 5.81. The van der Waals surface area contributed by atoms with Crippen LogP contribution in [0.5, 0.6) is 5.75 Å². The van der Waals surface area contributed by atoms with Gasteiger partial charge in [0.2, 0.25) is 0 Å². The fraction of sp³-hybridized carbons (Fsp3) is 0.364. The Morgan fingerprint density at radius 3 is 2.80 bits per heavy atom. The Kier molecular flexibility index (Phi) is 5.15. The van der Waals surface area contributed by atoms with Crippen LogP contribution in [0, 0.1) is 0 Å². The summed E-state index contributed by atoms with van der Waals surface area (Å²) in [6.07, 6.45) is 1.55. The Labute approximate surface area is 93.9 Å². The van der Waals surface area contributed by atoms with Gasteiger partial charge in [0, 0.05) is 30.7 Å². The number of hydrogen-bond donors (Lipinski definition) is 0. The molecule has 0 N–H and O–H groups in total. The van der Waals surface area contributed by atoms with Crippen molar-refractivity contribution >= 4 is 17.9 Å². The predicted molar refractivity (Wildman–Crippen MR) is 58.8 cm³/mol. The number of aldehydes is 1. The normalized spacial score (nSPS) is 10.0. The molecule has 0 aliphatic rings. The lowest BCUT2D eigenvalue weighted by atomic mass is 10.2. The summed E-state index contributed by atoms with van der Waals surface area (Å²) in [5.74, 6) is 0.612. The van der Waals surface area contributed by atoms with E-state index in [2.05, 4.69) is 0 Å². The first-order chi connectivity index (χ1) is 7.26. The lowest BCUT2D eigenvalue weighted by Gasteiger charge is -2.06. The number of carbonyl (C=O) groups is 1. The highest BCUT2D eigenvalue weighted by Crippen LogP contribution is 2.20. The molecule has 4 heteroatoms. The summed E-state index contributed by atoms with van der Waals surface area (Å²) in [5.41, 5.74) is 0.518. The van der Waals surface area contributed by atoms with Crippen LogP contribution in [0.4, 0.5) is 0 Å². The van der Waals surface area contributed by atoms with Crippen LogP contribution in [0.1, 0.15) is 16.8 Å². The fourth-order valence-corrected chi connectivity index (χ4v) is 1.36. The molecule has 0 saturated heterocycles. The highest BCUT2D eigenvalue weighted by molar-refractivity contribution is 6.31. The zero-order valence-electron chi connectivity index (χ0n) is 8.53. The largest absolute Gasteiger partial charge is 0.493 e. The molecule has 0 bridgehead atoms. The Hall–Kier alpha value is -1.06. The Morgan fingerprint density at radius 1 is 1.33 bits per heavy atom. The topological polar surface area (TPSA) is 35.5 Å². The summed E-state index contributed by atoms with van der Waals surface area (Å²) in [4.78, 5) is 10.6. The molecule has 1 rings (SSSR count). The van der Waals surface area contributed by atoms with Crippen LogP contribution in [-0.4, -0.2) is 26.6 Å². The second-order valence-electron chi connectivity index (χ2n) is 3.03. The third-order valence-corrected chi connectivity index (χ3v) is 2.01. The summed E-state index contributed by atoms with van der Waals surface area (Å²) < 4.78 is 10.3.